The maximum atomic E-state index is 10.7. The van der Waals surface area contributed by atoms with Crippen molar-refractivity contribution in [2.24, 2.45) is 0 Å². The van der Waals surface area contributed by atoms with Gasteiger partial charge in [0, 0.05) is 6.04 Å². The molecule has 0 spiro atoms. The zero-order valence-corrected chi connectivity index (χ0v) is 7.65. The molecule has 0 aliphatic carbocycles. The minimum absolute atomic E-state index is 0.0362. The Morgan fingerprint density at radius 2 is 2.36 bits per heavy atom. The molecule has 0 heterocycles. The highest BCUT2D eigenvalue weighted by Crippen LogP contribution is 2.03. The smallest absolute Gasteiger partial charge is 0.307 e. The average molecular weight is 180 g/mol. The lowest BCUT2D eigenvalue weighted by Gasteiger charge is -2.10. The van der Waals surface area contributed by atoms with E-state index in [1.807, 2.05) is 6.92 Å². The molecule has 0 aliphatic heterocycles. The molecule has 0 aromatic heterocycles. The second kappa shape index (κ2) is 6.43. The van der Waals surface area contributed by atoms with Gasteiger partial charge in [-0.25, -0.2) is 4.84 Å². The van der Waals surface area contributed by atoms with Gasteiger partial charge in [-0.05, 0) is 18.2 Å². The topological polar surface area (TPSA) is 38.3 Å². The monoisotopic (exact) mass is 179 g/mol. The molecule has 0 rings (SSSR count). The molecule has 0 saturated heterocycles. The van der Waals surface area contributed by atoms with Crippen LogP contribution < -0.4 is 4.84 Å². The molecule has 0 amide bonds. The maximum Gasteiger partial charge on any atom is 0.307 e. The summed E-state index contributed by atoms with van der Waals surface area (Å²) in [7, 11) is 1.37. The lowest BCUT2D eigenvalue weighted by molar-refractivity contribution is -0.141. The normalized spacial score (nSPS) is 12.6. The van der Waals surface area contributed by atoms with Crippen LogP contribution in [-0.4, -0.2) is 19.1 Å². The molecule has 4 heteroatoms. The van der Waals surface area contributed by atoms with Crippen LogP contribution in [0.1, 0.15) is 26.2 Å². The number of nitrogens with one attached hydrogen (secondary N) is 1. The van der Waals surface area contributed by atoms with Crippen LogP contribution in [0, 0.1) is 0 Å². The summed E-state index contributed by atoms with van der Waals surface area (Å²) < 4.78 is 4.49. The number of ether oxygens (including phenoxy) is 1. The zero-order chi connectivity index (χ0) is 8.69. The number of methoxy groups -OCH3 is 1. The van der Waals surface area contributed by atoms with Crippen LogP contribution >= 0.6 is 11.8 Å². The molecule has 3 nitrogen and oxygen atoms in total. The first kappa shape index (κ1) is 10.7. The van der Waals surface area contributed by atoms with Crippen LogP contribution in [-0.2, 0) is 9.53 Å². The molecule has 66 valence electrons. The molecular formula is C7H14ClNO2. The van der Waals surface area contributed by atoms with Crippen LogP contribution in [0.2, 0.25) is 0 Å². The molecule has 0 radical (unpaired) electrons. The summed E-state index contributed by atoms with van der Waals surface area (Å²) in [4.78, 5) is 13.3. The van der Waals surface area contributed by atoms with E-state index in [9.17, 15) is 4.79 Å². The van der Waals surface area contributed by atoms with Gasteiger partial charge in [-0.15, -0.1) is 0 Å². The van der Waals surface area contributed by atoms with Crippen molar-refractivity contribution < 1.29 is 9.53 Å². The zero-order valence-electron chi connectivity index (χ0n) is 6.89. The van der Waals surface area contributed by atoms with Crippen molar-refractivity contribution in [1.29, 1.82) is 0 Å². The lowest BCUT2D eigenvalue weighted by Crippen LogP contribution is -2.24. The Morgan fingerprint density at radius 1 is 1.73 bits per heavy atom. The molecule has 0 bridgehead atoms. The molecule has 0 fully saturated rings. The summed E-state index contributed by atoms with van der Waals surface area (Å²) in [6.07, 6.45) is 2.23. The summed E-state index contributed by atoms with van der Waals surface area (Å²) in [5.74, 6) is -0.225. The van der Waals surface area contributed by atoms with Crippen LogP contribution in [0.25, 0.3) is 0 Å². The van der Waals surface area contributed by atoms with Gasteiger partial charge in [0.15, 0.2) is 0 Å². The first-order valence-electron chi connectivity index (χ1n) is 3.67. The minimum Gasteiger partial charge on any atom is -0.469 e. The third-order valence-electron chi connectivity index (χ3n) is 1.43. The number of carbonyl (C=O) groups excluding carboxylic acids is 1. The average Bonchev–Trinajstić information content (AvgIpc) is 2.03. The fraction of sp³-hybridized carbons (Fsp3) is 0.857. The van der Waals surface area contributed by atoms with Crippen molar-refractivity contribution in [1.82, 2.24) is 4.84 Å². The summed E-state index contributed by atoms with van der Waals surface area (Å²) >= 11 is 5.39. The number of hydrogen-bond acceptors (Lipinski definition) is 3. The van der Waals surface area contributed by atoms with Crippen molar-refractivity contribution in [3.8, 4) is 0 Å². The van der Waals surface area contributed by atoms with Gasteiger partial charge in [-0.2, -0.15) is 0 Å². The first-order valence-corrected chi connectivity index (χ1v) is 4.05. The van der Waals surface area contributed by atoms with E-state index < -0.39 is 0 Å². The summed E-state index contributed by atoms with van der Waals surface area (Å²) in [5.41, 5.74) is 0. The molecule has 1 atom stereocenters. The Balaban J connectivity index is 3.58. The second-order valence-electron chi connectivity index (χ2n) is 2.37. The van der Waals surface area contributed by atoms with Gasteiger partial charge in [-0.3, -0.25) is 4.79 Å². The molecule has 0 saturated carbocycles. The Hall–Kier alpha value is -0.280. The van der Waals surface area contributed by atoms with Crippen molar-refractivity contribution in [3.63, 3.8) is 0 Å². The molecular weight excluding hydrogens is 166 g/mol. The Bertz CT molecular complexity index is 119. The standard InChI is InChI=1S/C7H14ClNO2/c1-3-4-6(9-8)5-7(10)11-2/h6,9H,3-5H2,1-2H3/t6-/m0/s1. The van der Waals surface area contributed by atoms with E-state index in [0.717, 1.165) is 12.8 Å². The van der Waals surface area contributed by atoms with Crippen molar-refractivity contribution in [2.75, 3.05) is 7.11 Å². The fourth-order valence-corrected chi connectivity index (χ4v) is 1.01. The maximum absolute atomic E-state index is 10.7. The Kier molecular flexibility index (Phi) is 6.27. The summed E-state index contributed by atoms with van der Waals surface area (Å²) in [5, 5.41) is 0. The van der Waals surface area contributed by atoms with E-state index in [0.29, 0.717) is 6.42 Å². The predicted molar refractivity (Wildman–Crippen MR) is 44.3 cm³/mol. The number of halogens is 1. The van der Waals surface area contributed by atoms with E-state index in [2.05, 4.69) is 9.57 Å². The number of esters is 1. The first-order chi connectivity index (χ1) is 5.24. The van der Waals surface area contributed by atoms with Gasteiger partial charge >= 0.3 is 5.97 Å². The molecule has 0 aliphatic rings. The van der Waals surface area contributed by atoms with Gasteiger partial charge < -0.3 is 4.74 Å². The summed E-state index contributed by atoms with van der Waals surface area (Å²) in [6.45, 7) is 2.04. The molecule has 0 unspecified atom stereocenters. The van der Waals surface area contributed by atoms with Crippen molar-refractivity contribution >= 4 is 17.7 Å². The van der Waals surface area contributed by atoms with Gasteiger partial charge in [0.05, 0.1) is 13.5 Å². The highest BCUT2D eigenvalue weighted by Gasteiger charge is 2.11. The van der Waals surface area contributed by atoms with Crippen LogP contribution in [0.4, 0.5) is 0 Å². The Morgan fingerprint density at radius 3 is 2.73 bits per heavy atom. The molecule has 0 aromatic rings. The largest absolute Gasteiger partial charge is 0.469 e. The van der Waals surface area contributed by atoms with Crippen LogP contribution in [0.5, 0.6) is 0 Å². The predicted octanol–water partition coefficient (Wildman–Crippen LogP) is 1.46. The van der Waals surface area contributed by atoms with E-state index in [1.54, 1.807) is 0 Å². The van der Waals surface area contributed by atoms with Crippen molar-refractivity contribution in [2.45, 2.75) is 32.2 Å². The number of carbonyl (C=O) groups is 1. The van der Waals surface area contributed by atoms with E-state index >= 15 is 0 Å². The minimum atomic E-state index is -0.225. The van der Waals surface area contributed by atoms with Crippen LogP contribution in [0.15, 0.2) is 0 Å². The third kappa shape index (κ3) is 5.04. The van der Waals surface area contributed by atoms with Gasteiger partial charge in [-0.1, -0.05) is 13.3 Å². The quantitative estimate of drug-likeness (QED) is 0.513. The lowest BCUT2D eigenvalue weighted by atomic mass is 10.1. The highest BCUT2D eigenvalue weighted by atomic mass is 35.5. The molecule has 11 heavy (non-hydrogen) atoms. The SMILES string of the molecule is CCC[C@@H](CC(=O)OC)NCl. The van der Waals surface area contributed by atoms with Gasteiger partial charge in [0.25, 0.3) is 0 Å². The van der Waals surface area contributed by atoms with E-state index in [-0.39, 0.29) is 12.0 Å². The number of rotatable bonds is 5. The van der Waals surface area contributed by atoms with Crippen LogP contribution in [0.3, 0.4) is 0 Å². The van der Waals surface area contributed by atoms with E-state index in [4.69, 9.17) is 11.8 Å². The van der Waals surface area contributed by atoms with Crippen molar-refractivity contribution in [3.05, 3.63) is 0 Å². The second-order valence-corrected chi connectivity index (χ2v) is 2.59. The number of hydrogen-bond donors (Lipinski definition) is 1. The van der Waals surface area contributed by atoms with Gasteiger partial charge in [0.1, 0.15) is 0 Å². The molecule has 0 aromatic carbocycles. The molecule has 1 N–H and O–H groups in total. The van der Waals surface area contributed by atoms with Gasteiger partial charge in [0.2, 0.25) is 0 Å². The highest BCUT2D eigenvalue weighted by molar-refractivity contribution is 6.13. The van der Waals surface area contributed by atoms with E-state index in [1.165, 1.54) is 7.11 Å². The third-order valence-corrected chi connectivity index (χ3v) is 1.74. The Labute approximate surface area is 72.2 Å². The summed E-state index contributed by atoms with van der Waals surface area (Å²) in [6, 6.07) is 0.0362. The fourth-order valence-electron chi connectivity index (χ4n) is 0.828.